The van der Waals surface area contributed by atoms with Crippen molar-refractivity contribution < 1.29 is 9.26 Å². The standard InChI is InChI=1S/C17H15ClN2O2/c1-11-7-3-4-8-13(11)16-19-17(22-20-16)12(2)21-15-10-6-5-9-14(15)18/h3-10,12H,1-2H3. The van der Waals surface area contributed by atoms with Crippen LogP contribution in [0.1, 0.15) is 24.5 Å². The molecule has 0 spiro atoms. The van der Waals surface area contributed by atoms with Crippen LogP contribution in [0.5, 0.6) is 5.75 Å². The van der Waals surface area contributed by atoms with Gasteiger partial charge in [0.2, 0.25) is 5.82 Å². The molecule has 4 nitrogen and oxygen atoms in total. The van der Waals surface area contributed by atoms with Gasteiger partial charge in [0.25, 0.3) is 5.89 Å². The molecular formula is C17H15ClN2O2. The van der Waals surface area contributed by atoms with Crippen molar-refractivity contribution in [1.29, 1.82) is 0 Å². The minimum atomic E-state index is -0.384. The zero-order chi connectivity index (χ0) is 15.5. The van der Waals surface area contributed by atoms with Gasteiger partial charge in [-0.15, -0.1) is 0 Å². The van der Waals surface area contributed by atoms with Crippen LogP contribution in [-0.2, 0) is 0 Å². The monoisotopic (exact) mass is 314 g/mol. The minimum Gasteiger partial charge on any atom is -0.479 e. The lowest BCUT2D eigenvalue weighted by molar-refractivity contribution is 0.176. The van der Waals surface area contributed by atoms with Crippen LogP contribution < -0.4 is 4.74 Å². The second-order valence-corrected chi connectivity index (χ2v) is 5.37. The first-order chi connectivity index (χ1) is 10.6. The molecule has 0 radical (unpaired) electrons. The Morgan fingerprint density at radius 2 is 1.82 bits per heavy atom. The Labute approximate surface area is 133 Å². The number of para-hydroxylation sites is 1. The highest BCUT2D eigenvalue weighted by molar-refractivity contribution is 6.32. The fraction of sp³-hybridized carbons (Fsp3) is 0.176. The number of hydrogen-bond donors (Lipinski definition) is 0. The van der Waals surface area contributed by atoms with E-state index in [4.69, 9.17) is 20.9 Å². The van der Waals surface area contributed by atoms with Crippen LogP contribution >= 0.6 is 11.6 Å². The SMILES string of the molecule is Cc1ccccc1-c1noc(C(C)Oc2ccccc2Cl)n1. The van der Waals surface area contributed by atoms with E-state index in [1.54, 1.807) is 12.1 Å². The lowest BCUT2D eigenvalue weighted by Gasteiger charge is -2.11. The summed E-state index contributed by atoms with van der Waals surface area (Å²) < 4.78 is 11.1. The molecule has 0 saturated heterocycles. The van der Waals surface area contributed by atoms with Crippen LogP contribution in [-0.4, -0.2) is 10.1 Å². The molecule has 1 atom stereocenters. The van der Waals surface area contributed by atoms with Crippen molar-refractivity contribution in [1.82, 2.24) is 10.1 Å². The molecule has 3 aromatic rings. The van der Waals surface area contributed by atoms with E-state index >= 15 is 0 Å². The first kappa shape index (κ1) is 14.6. The molecule has 0 aliphatic carbocycles. The average molecular weight is 315 g/mol. The second-order valence-electron chi connectivity index (χ2n) is 4.96. The van der Waals surface area contributed by atoms with Gasteiger partial charge in [-0.2, -0.15) is 4.98 Å². The highest BCUT2D eigenvalue weighted by atomic mass is 35.5. The van der Waals surface area contributed by atoms with Crippen molar-refractivity contribution in [2.75, 3.05) is 0 Å². The van der Waals surface area contributed by atoms with Crippen LogP contribution in [0.25, 0.3) is 11.4 Å². The molecular weight excluding hydrogens is 300 g/mol. The number of aryl methyl sites for hydroxylation is 1. The first-order valence-electron chi connectivity index (χ1n) is 6.96. The third-order valence-corrected chi connectivity index (χ3v) is 3.63. The quantitative estimate of drug-likeness (QED) is 0.691. The average Bonchev–Trinajstić information content (AvgIpc) is 3.00. The molecule has 3 rings (SSSR count). The van der Waals surface area contributed by atoms with E-state index in [2.05, 4.69) is 10.1 Å². The predicted molar refractivity (Wildman–Crippen MR) is 85.0 cm³/mol. The summed E-state index contributed by atoms with van der Waals surface area (Å²) in [6.45, 7) is 3.85. The summed E-state index contributed by atoms with van der Waals surface area (Å²) in [4.78, 5) is 4.42. The van der Waals surface area contributed by atoms with E-state index < -0.39 is 0 Å². The molecule has 0 aliphatic heterocycles. The molecule has 0 aliphatic rings. The Balaban J connectivity index is 1.82. The van der Waals surface area contributed by atoms with Gasteiger partial charge in [0.1, 0.15) is 5.75 Å². The Kier molecular flexibility index (Phi) is 4.11. The number of hydrogen-bond acceptors (Lipinski definition) is 4. The van der Waals surface area contributed by atoms with Gasteiger partial charge in [-0.1, -0.05) is 53.2 Å². The summed E-state index contributed by atoms with van der Waals surface area (Å²) in [6.07, 6.45) is -0.384. The second kappa shape index (κ2) is 6.20. The molecule has 0 saturated carbocycles. The Morgan fingerprint density at radius 3 is 2.59 bits per heavy atom. The maximum atomic E-state index is 6.09. The molecule has 5 heteroatoms. The number of ether oxygens (including phenoxy) is 1. The number of nitrogens with zero attached hydrogens (tertiary/aromatic N) is 2. The lowest BCUT2D eigenvalue weighted by atomic mass is 10.1. The van der Waals surface area contributed by atoms with E-state index in [1.165, 1.54) is 0 Å². The predicted octanol–water partition coefficient (Wildman–Crippen LogP) is 4.84. The highest BCUT2D eigenvalue weighted by Gasteiger charge is 2.18. The normalized spacial score (nSPS) is 12.1. The van der Waals surface area contributed by atoms with Crippen molar-refractivity contribution in [2.24, 2.45) is 0 Å². The zero-order valence-electron chi connectivity index (χ0n) is 12.3. The number of halogens is 1. The first-order valence-corrected chi connectivity index (χ1v) is 7.34. The van der Waals surface area contributed by atoms with Crippen molar-refractivity contribution in [3.8, 4) is 17.1 Å². The number of aromatic nitrogens is 2. The van der Waals surface area contributed by atoms with Gasteiger partial charge >= 0.3 is 0 Å². The van der Waals surface area contributed by atoms with E-state index in [0.717, 1.165) is 11.1 Å². The van der Waals surface area contributed by atoms with Crippen molar-refractivity contribution in [2.45, 2.75) is 20.0 Å². The topological polar surface area (TPSA) is 48.2 Å². The van der Waals surface area contributed by atoms with Gasteiger partial charge in [0, 0.05) is 5.56 Å². The Bertz CT molecular complexity index is 786. The van der Waals surface area contributed by atoms with Gasteiger partial charge in [-0.3, -0.25) is 0 Å². The number of benzene rings is 2. The number of rotatable bonds is 4. The molecule has 112 valence electrons. The molecule has 2 aromatic carbocycles. The molecule has 0 bridgehead atoms. The summed E-state index contributed by atoms with van der Waals surface area (Å²) in [5.74, 6) is 1.56. The maximum Gasteiger partial charge on any atom is 0.267 e. The van der Waals surface area contributed by atoms with Gasteiger partial charge < -0.3 is 9.26 Å². The smallest absolute Gasteiger partial charge is 0.267 e. The largest absolute Gasteiger partial charge is 0.479 e. The molecule has 22 heavy (non-hydrogen) atoms. The van der Waals surface area contributed by atoms with E-state index in [9.17, 15) is 0 Å². The van der Waals surface area contributed by atoms with Gasteiger partial charge in [0.15, 0.2) is 6.10 Å². The van der Waals surface area contributed by atoms with E-state index in [1.807, 2.05) is 50.2 Å². The van der Waals surface area contributed by atoms with Crippen molar-refractivity contribution in [3.05, 3.63) is 65.0 Å². The summed E-state index contributed by atoms with van der Waals surface area (Å²) in [5.41, 5.74) is 2.04. The van der Waals surface area contributed by atoms with Gasteiger partial charge in [-0.25, -0.2) is 0 Å². The van der Waals surface area contributed by atoms with E-state index in [0.29, 0.717) is 22.5 Å². The summed E-state index contributed by atoms with van der Waals surface area (Å²) >= 11 is 6.09. The fourth-order valence-corrected chi connectivity index (χ4v) is 2.29. The molecule has 0 N–H and O–H groups in total. The summed E-state index contributed by atoms with van der Waals surface area (Å²) in [5, 5.41) is 4.58. The maximum absolute atomic E-state index is 6.09. The molecule has 0 amide bonds. The Hall–Kier alpha value is -2.33. The molecule has 1 aromatic heterocycles. The van der Waals surface area contributed by atoms with Crippen LogP contribution in [0.4, 0.5) is 0 Å². The fourth-order valence-electron chi connectivity index (χ4n) is 2.11. The minimum absolute atomic E-state index is 0.384. The molecule has 1 unspecified atom stereocenters. The van der Waals surface area contributed by atoms with Crippen LogP contribution in [0, 0.1) is 6.92 Å². The van der Waals surface area contributed by atoms with Crippen molar-refractivity contribution >= 4 is 11.6 Å². The third kappa shape index (κ3) is 2.97. The highest BCUT2D eigenvalue weighted by Crippen LogP contribution is 2.29. The van der Waals surface area contributed by atoms with Crippen LogP contribution in [0.15, 0.2) is 53.1 Å². The van der Waals surface area contributed by atoms with Crippen LogP contribution in [0.2, 0.25) is 5.02 Å². The van der Waals surface area contributed by atoms with Crippen molar-refractivity contribution in [3.63, 3.8) is 0 Å². The Morgan fingerprint density at radius 1 is 1.09 bits per heavy atom. The van der Waals surface area contributed by atoms with Gasteiger partial charge in [-0.05, 0) is 31.5 Å². The van der Waals surface area contributed by atoms with Crippen LogP contribution in [0.3, 0.4) is 0 Å². The summed E-state index contributed by atoms with van der Waals surface area (Å²) in [7, 11) is 0. The zero-order valence-corrected chi connectivity index (χ0v) is 13.0. The molecule has 0 fully saturated rings. The third-order valence-electron chi connectivity index (χ3n) is 3.32. The van der Waals surface area contributed by atoms with Gasteiger partial charge in [0.05, 0.1) is 5.02 Å². The van der Waals surface area contributed by atoms with E-state index in [-0.39, 0.29) is 6.10 Å². The molecule has 1 heterocycles. The summed E-state index contributed by atoms with van der Waals surface area (Å²) in [6, 6.07) is 15.2. The lowest BCUT2D eigenvalue weighted by Crippen LogP contribution is -2.03.